The number of aliphatic hydroxyl groups excluding tert-OH is 1. The van der Waals surface area contributed by atoms with Crippen LogP contribution in [0.2, 0.25) is 0 Å². The predicted molar refractivity (Wildman–Crippen MR) is 160 cm³/mol. The molecule has 0 radical (unpaired) electrons. The molecule has 0 aromatic carbocycles. The van der Waals surface area contributed by atoms with Crippen LogP contribution in [0.4, 0.5) is 4.39 Å². The van der Waals surface area contributed by atoms with Crippen molar-refractivity contribution in [3.05, 3.63) is 64.7 Å². The van der Waals surface area contributed by atoms with Gasteiger partial charge < -0.3 is 15.3 Å². The number of piperidine rings is 1. The Morgan fingerprint density at radius 1 is 1.19 bits per heavy atom. The summed E-state index contributed by atoms with van der Waals surface area (Å²) >= 11 is 1.27. The molecular weight excluding hydrogens is 553 g/mol. The van der Waals surface area contributed by atoms with E-state index in [1.54, 1.807) is 18.6 Å². The molecule has 220 valence electrons. The Labute approximate surface area is 248 Å². The molecule has 11 heteroatoms. The van der Waals surface area contributed by atoms with Crippen molar-refractivity contribution in [1.82, 2.24) is 35.4 Å². The van der Waals surface area contributed by atoms with Gasteiger partial charge >= 0.3 is 0 Å². The Hall–Kier alpha value is -3.41. The van der Waals surface area contributed by atoms with E-state index in [-0.39, 0.29) is 24.0 Å². The third-order valence-corrected chi connectivity index (χ3v) is 9.67. The average Bonchev–Trinajstić information content (AvgIpc) is 3.42. The standard InChI is InChI=1S/C31H36FN7O2S/c1-19(2)31(32)10-5-25-22(16-31)15-27-29(37-25)42-30(38-27)28(41)36-26(9-14-39-12-7-23(40)8-13-39)20-3-4-24(33-17-20)21-6-11-34-35-18-21/h3-4,6,11,15,17-19,23,26,40H,5,7-10,12-14,16H2,1-2H3,(H,36,41)/t26-,31?/m1/s1. The van der Waals surface area contributed by atoms with Gasteiger partial charge in [-0.3, -0.25) is 9.78 Å². The van der Waals surface area contributed by atoms with E-state index in [0.717, 1.165) is 60.6 Å². The highest BCUT2D eigenvalue weighted by atomic mass is 32.1. The highest BCUT2D eigenvalue weighted by Gasteiger charge is 2.38. The second-order valence-corrected chi connectivity index (χ2v) is 12.8. The number of likely N-dealkylation sites (tertiary alicyclic amines) is 1. The Bertz CT molecular complexity index is 1540. The Morgan fingerprint density at radius 3 is 2.74 bits per heavy atom. The summed E-state index contributed by atoms with van der Waals surface area (Å²) in [5.41, 5.74) is 3.74. The number of nitrogens with one attached hydrogen (secondary N) is 1. The van der Waals surface area contributed by atoms with E-state index in [1.165, 1.54) is 11.3 Å². The van der Waals surface area contributed by atoms with Gasteiger partial charge in [-0.2, -0.15) is 10.2 Å². The van der Waals surface area contributed by atoms with Crippen molar-refractivity contribution in [2.75, 3.05) is 19.6 Å². The predicted octanol–water partition coefficient (Wildman–Crippen LogP) is 4.71. The lowest BCUT2D eigenvalue weighted by Crippen LogP contribution is -2.38. The van der Waals surface area contributed by atoms with Crippen LogP contribution in [0.5, 0.6) is 0 Å². The van der Waals surface area contributed by atoms with Crippen molar-refractivity contribution in [2.45, 2.75) is 70.2 Å². The smallest absolute Gasteiger partial charge is 0.280 e. The van der Waals surface area contributed by atoms with Crippen LogP contribution in [0.1, 0.15) is 72.2 Å². The van der Waals surface area contributed by atoms with Gasteiger partial charge in [0.1, 0.15) is 16.0 Å². The average molecular weight is 590 g/mol. The molecule has 1 unspecified atom stereocenters. The first-order valence-corrected chi connectivity index (χ1v) is 15.5. The quantitative estimate of drug-likeness (QED) is 0.304. The van der Waals surface area contributed by atoms with Crippen LogP contribution in [-0.4, -0.2) is 72.5 Å². The molecule has 5 heterocycles. The first-order chi connectivity index (χ1) is 20.3. The zero-order valence-electron chi connectivity index (χ0n) is 24.0. The van der Waals surface area contributed by atoms with Crippen molar-refractivity contribution in [2.24, 2.45) is 5.92 Å². The first-order valence-electron chi connectivity index (χ1n) is 14.7. The molecule has 4 aromatic heterocycles. The van der Waals surface area contributed by atoms with Crippen LogP contribution < -0.4 is 5.32 Å². The maximum absolute atomic E-state index is 15.4. The van der Waals surface area contributed by atoms with Crippen LogP contribution in [0.15, 0.2) is 42.9 Å². The number of amides is 1. The zero-order valence-corrected chi connectivity index (χ0v) is 24.8. The molecule has 1 fully saturated rings. The Morgan fingerprint density at radius 2 is 2.02 bits per heavy atom. The summed E-state index contributed by atoms with van der Waals surface area (Å²) in [5, 5.41) is 21.2. The normalized spacial score (nSPS) is 20.5. The minimum Gasteiger partial charge on any atom is -0.393 e. The van der Waals surface area contributed by atoms with Crippen molar-refractivity contribution >= 4 is 27.6 Å². The number of carbonyl (C=O) groups excluding carboxylic acids is 1. The monoisotopic (exact) mass is 589 g/mol. The number of fused-ring (bicyclic) bond motifs is 2. The number of rotatable bonds is 8. The number of aliphatic hydroxyl groups is 1. The Kier molecular flexibility index (Phi) is 8.24. The highest BCUT2D eigenvalue weighted by molar-refractivity contribution is 7.19. The largest absolute Gasteiger partial charge is 0.393 e. The summed E-state index contributed by atoms with van der Waals surface area (Å²) < 4.78 is 15.4. The number of nitrogens with zero attached hydrogens (tertiary/aromatic N) is 6. The molecule has 1 aliphatic carbocycles. The molecule has 1 saturated heterocycles. The fourth-order valence-electron chi connectivity index (χ4n) is 5.85. The SMILES string of the molecule is CC(C)C1(F)CCc2nc3sc(C(=O)N[C@H](CCN4CCC(O)CC4)c4ccc(-c5ccnnc5)nc4)nc3cc2C1. The van der Waals surface area contributed by atoms with Gasteiger partial charge in [-0.25, -0.2) is 14.4 Å². The third kappa shape index (κ3) is 6.18. The lowest BCUT2D eigenvalue weighted by atomic mass is 9.77. The molecule has 42 heavy (non-hydrogen) atoms. The summed E-state index contributed by atoms with van der Waals surface area (Å²) in [4.78, 5) is 30.6. The van der Waals surface area contributed by atoms with E-state index in [2.05, 4.69) is 30.4 Å². The highest BCUT2D eigenvalue weighted by Crippen LogP contribution is 2.38. The molecule has 4 aromatic rings. The van der Waals surface area contributed by atoms with E-state index in [0.29, 0.717) is 41.0 Å². The van der Waals surface area contributed by atoms with Gasteiger partial charge in [-0.1, -0.05) is 31.3 Å². The van der Waals surface area contributed by atoms with Crippen molar-refractivity contribution in [1.29, 1.82) is 0 Å². The minimum atomic E-state index is -1.24. The second-order valence-electron chi connectivity index (χ2n) is 11.8. The fraction of sp³-hybridized carbons (Fsp3) is 0.484. The van der Waals surface area contributed by atoms with E-state index in [9.17, 15) is 9.90 Å². The van der Waals surface area contributed by atoms with Gasteiger partial charge in [0.05, 0.1) is 30.2 Å². The molecule has 6 rings (SSSR count). The first kappa shape index (κ1) is 28.7. The number of carbonyl (C=O) groups is 1. The number of aromatic nitrogens is 5. The molecular formula is C31H36FN7O2S. The van der Waals surface area contributed by atoms with Gasteiger partial charge in [0.15, 0.2) is 5.01 Å². The lowest BCUT2D eigenvalue weighted by Gasteiger charge is -2.33. The molecule has 2 atom stereocenters. The minimum absolute atomic E-state index is 0.0741. The molecule has 9 nitrogen and oxygen atoms in total. The maximum Gasteiger partial charge on any atom is 0.280 e. The second kappa shape index (κ2) is 12.1. The van der Waals surface area contributed by atoms with Crippen molar-refractivity contribution in [3.8, 4) is 11.3 Å². The van der Waals surface area contributed by atoms with Crippen LogP contribution in [0.3, 0.4) is 0 Å². The number of thiazole rings is 1. The van der Waals surface area contributed by atoms with E-state index in [1.807, 2.05) is 38.1 Å². The van der Waals surface area contributed by atoms with Gasteiger partial charge in [0, 0.05) is 43.5 Å². The molecule has 1 amide bonds. The fourth-order valence-corrected chi connectivity index (χ4v) is 6.70. The van der Waals surface area contributed by atoms with Crippen LogP contribution in [-0.2, 0) is 12.8 Å². The van der Waals surface area contributed by atoms with Gasteiger partial charge in [0.25, 0.3) is 5.91 Å². The van der Waals surface area contributed by atoms with Crippen LogP contribution in [0, 0.1) is 5.92 Å². The number of halogens is 1. The van der Waals surface area contributed by atoms with E-state index < -0.39 is 5.67 Å². The van der Waals surface area contributed by atoms with Gasteiger partial charge in [-0.15, -0.1) is 0 Å². The van der Waals surface area contributed by atoms with Crippen molar-refractivity contribution in [3.63, 3.8) is 0 Å². The summed E-state index contributed by atoms with van der Waals surface area (Å²) in [6.07, 6.45) is 8.45. The summed E-state index contributed by atoms with van der Waals surface area (Å²) in [7, 11) is 0. The summed E-state index contributed by atoms with van der Waals surface area (Å²) in [6.45, 7) is 6.29. The van der Waals surface area contributed by atoms with Gasteiger partial charge in [-0.05, 0) is 67.3 Å². The number of aryl methyl sites for hydroxylation is 1. The third-order valence-electron chi connectivity index (χ3n) is 8.71. The molecule has 0 saturated carbocycles. The Balaban J connectivity index is 1.22. The molecule has 1 aliphatic heterocycles. The molecule has 2 aliphatic rings. The number of alkyl halides is 1. The topological polar surface area (TPSA) is 117 Å². The summed E-state index contributed by atoms with van der Waals surface area (Å²) in [5.74, 6) is -0.338. The van der Waals surface area contributed by atoms with E-state index >= 15 is 4.39 Å². The molecule has 0 bridgehead atoms. The van der Waals surface area contributed by atoms with Crippen LogP contribution in [0.25, 0.3) is 21.6 Å². The maximum atomic E-state index is 15.4. The number of pyridine rings is 2. The summed E-state index contributed by atoms with van der Waals surface area (Å²) in [6, 6.07) is 7.40. The number of hydrogen-bond acceptors (Lipinski definition) is 9. The molecule has 2 N–H and O–H groups in total. The van der Waals surface area contributed by atoms with E-state index in [4.69, 9.17) is 4.98 Å². The van der Waals surface area contributed by atoms with Crippen molar-refractivity contribution < 1.29 is 14.3 Å². The molecule has 0 spiro atoms. The van der Waals surface area contributed by atoms with Crippen LogP contribution >= 0.6 is 11.3 Å². The van der Waals surface area contributed by atoms with Gasteiger partial charge in [0.2, 0.25) is 0 Å². The number of hydrogen-bond donors (Lipinski definition) is 2. The zero-order chi connectivity index (χ0) is 29.3. The lowest BCUT2D eigenvalue weighted by molar-refractivity contribution is 0.0795.